The molecule has 0 saturated heterocycles. The van der Waals surface area contributed by atoms with Crippen LogP contribution in [0.15, 0.2) is 0 Å². The second-order valence-corrected chi connectivity index (χ2v) is 4.91. The summed E-state index contributed by atoms with van der Waals surface area (Å²) in [6.07, 6.45) is 9.17. The number of rotatable bonds is 8. The highest BCUT2D eigenvalue weighted by atomic mass is 16.5. The Morgan fingerprint density at radius 3 is 2.69 bits per heavy atom. The lowest BCUT2D eigenvalue weighted by Gasteiger charge is -2.23. The maximum absolute atomic E-state index is 8.92. The molecule has 1 atom stereocenters. The zero-order chi connectivity index (χ0) is 11.6. The summed E-state index contributed by atoms with van der Waals surface area (Å²) >= 11 is 0. The van der Waals surface area contributed by atoms with Crippen LogP contribution in [-0.2, 0) is 4.74 Å². The number of aliphatic hydroxyl groups is 1. The normalized spacial score (nSPS) is 19.9. The van der Waals surface area contributed by atoms with Crippen LogP contribution in [0.2, 0.25) is 0 Å². The summed E-state index contributed by atoms with van der Waals surface area (Å²) < 4.78 is 5.13. The van der Waals surface area contributed by atoms with Crippen LogP contribution in [0, 0.1) is 5.92 Å². The van der Waals surface area contributed by atoms with Crippen molar-refractivity contribution < 1.29 is 9.84 Å². The zero-order valence-corrected chi connectivity index (χ0v) is 10.6. The molecular formula is C13H27NO2. The summed E-state index contributed by atoms with van der Waals surface area (Å²) in [6, 6.07) is 0.318. The van der Waals surface area contributed by atoms with E-state index in [1.807, 2.05) is 0 Å². The second-order valence-electron chi connectivity index (χ2n) is 4.91. The lowest BCUT2D eigenvalue weighted by Crippen LogP contribution is -2.35. The van der Waals surface area contributed by atoms with E-state index in [0.717, 1.165) is 18.9 Å². The Morgan fingerprint density at radius 1 is 1.31 bits per heavy atom. The van der Waals surface area contributed by atoms with Gasteiger partial charge in [0.1, 0.15) is 0 Å². The van der Waals surface area contributed by atoms with Gasteiger partial charge in [-0.1, -0.05) is 32.1 Å². The van der Waals surface area contributed by atoms with Crippen molar-refractivity contribution in [2.45, 2.75) is 51.0 Å². The number of hydrogen-bond donors (Lipinski definition) is 2. The van der Waals surface area contributed by atoms with Gasteiger partial charge in [0.05, 0.1) is 6.61 Å². The second kappa shape index (κ2) is 8.97. The molecular weight excluding hydrogens is 202 g/mol. The maximum Gasteiger partial charge on any atom is 0.0616 e. The third-order valence-electron chi connectivity index (χ3n) is 3.56. The van der Waals surface area contributed by atoms with Crippen molar-refractivity contribution in [1.82, 2.24) is 5.32 Å². The first kappa shape index (κ1) is 13.9. The predicted molar refractivity (Wildman–Crippen MR) is 66.6 cm³/mol. The first-order valence-corrected chi connectivity index (χ1v) is 6.70. The van der Waals surface area contributed by atoms with Crippen LogP contribution in [0.25, 0.3) is 0 Å². The first-order chi connectivity index (χ1) is 7.86. The minimum Gasteiger partial charge on any atom is -0.396 e. The predicted octanol–water partition coefficient (Wildman–Crippen LogP) is 1.94. The van der Waals surface area contributed by atoms with E-state index in [-0.39, 0.29) is 6.61 Å². The number of aliphatic hydroxyl groups excluding tert-OH is 1. The molecule has 0 bridgehead atoms. The SMILES string of the molecule is COCC(CCO)NCCC1CCCCC1. The van der Waals surface area contributed by atoms with E-state index < -0.39 is 0 Å². The summed E-state index contributed by atoms with van der Waals surface area (Å²) in [7, 11) is 1.72. The molecule has 2 N–H and O–H groups in total. The van der Waals surface area contributed by atoms with E-state index in [1.54, 1.807) is 7.11 Å². The molecule has 0 aromatic rings. The number of ether oxygens (including phenoxy) is 1. The largest absolute Gasteiger partial charge is 0.396 e. The zero-order valence-electron chi connectivity index (χ0n) is 10.6. The van der Waals surface area contributed by atoms with E-state index in [1.165, 1.54) is 38.5 Å². The molecule has 16 heavy (non-hydrogen) atoms. The molecule has 1 fully saturated rings. The van der Waals surface area contributed by atoms with Gasteiger partial charge in [-0.2, -0.15) is 0 Å². The van der Waals surface area contributed by atoms with Crippen molar-refractivity contribution >= 4 is 0 Å². The molecule has 3 nitrogen and oxygen atoms in total. The quantitative estimate of drug-likeness (QED) is 0.668. The van der Waals surface area contributed by atoms with Gasteiger partial charge >= 0.3 is 0 Å². The van der Waals surface area contributed by atoms with Crippen LogP contribution in [0.1, 0.15) is 44.9 Å². The minimum absolute atomic E-state index is 0.241. The maximum atomic E-state index is 8.92. The molecule has 0 amide bonds. The summed E-state index contributed by atoms with van der Waals surface area (Å²) in [5.74, 6) is 0.929. The van der Waals surface area contributed by atoms with Gasteiger partial charge in [-0.15, -0.1) is 0 Å². The first-order valence-electron chi connectivity index (χ1n) is 6.70. The molecule has 1 rings (SSSR count). The van der Waals surface area contributed by atoms with Crippen LogP contribution in [0.5, 0.6) is 0 Å². The lowest BCUT2D eigenvalue weighted by atomic mass is 9.87. The summed E-state index contributed by atoms with van der Waals surface area (Å²) in [6.45, 7) is 2.01. The van der Waals surface area contributed by atoms with Gasteiger partial charge in [-0.05, 0) is 25.3 Å². The van der Waals surface area contributed by atoms with Crippen molar-refractivity contribution in [3.63, 3.8) is 0 Å². The Hall–Kier alpha value is -0.120. The van der Waals surface area contributed by atoms with Gasteiger partial charge in [0.2, 0.25) is 0 Å². The monoisotopic (exact) mass is 229 g/mol. The Balaban J connectivity index is 2.06. The molecule has 0 spiro atoms. The number of hydrogen-bond acceptors (Lipinski definition) is 3. The summed E-state index contributed by atoms with van der Waals surface area (Å²) in [5, 5.41) is 12.4. The molecule has 0 aliphatic heterocycles. The fraction of sp³-hybridized carbons (Fsp3) is 1.00. The van der Waals surface area contributed by atoms with Crippen LogP contribution in [-0.4, -0.2) is 38.0 Å². The third-order valence-corrected chi connectivity index (χ3v) is 3.56. The van der Waals surface area contributed by atoms with Gasteiger partial charge in [0, 0.05) is 19.8 Å². The fourth-order valence-corrected chi connectivity index (χ4v) is 2.57. The lowest BCUT2D eigenvalue weighted by molar-refractivity contribution is 0.147. The Labute approximate surface area is 99.6 Å². The smallest absolute Gasteiger partial charge is 0.0616 e. The van der Waals surface area contributed by atoms with Crippen LogP contribution in [0.4, 0.5) is 0 Å². The average Bonchev–Trinajstić information content (AvgIpc) is 2.31. The van der Waals surface area contributed by atoms with E-state index in [0.29, 0.717) is 12.6 Å². The summed E-state index contributed by atoms with van der Waals surface area (Å²) in [4.78, 5) is 0. The topological polar surface area (TPSA) is 41.5 Å². The molecule has 3 heteroatoms. The third kappa shape index (κ3) is 5.83. The highest BCUT2D eigenvalue weighted by molar-refractivity contribution is 4.70. The van der Waals surface area contributed by atoms with Crippen molar-refractivity contribution in [2.24, 2.45) is 5.92 Å². The minimum atomic E-state index is 0.241. The fourth-order valence-electron chi connectivity index (χ4n) is 2.57. The van der Waals surface area contributed by atoms with Crippen LogP contribution < -0.4 is 5.32 Å². The molecule has 1 aliphatic rings. The van der Waals surface area contributed by atoms with Gasteiger partial charge in [0.15, 0.2) is 0 Å². The molecule has 1 aliphatic carbocycles. The molecule has 0 aromatic carbocycles. The molecule has 96 valence electrons. The van der Waals surface area contributed by atoms with Crippen LogP contribution >= 0.6 is 0 Å². The van der Waals surface area contributed by atoms with E-state index in [2.05, 4.69) is 5.32 Å². The van der Waals surface area contributed by atoms with Crippen molar-refractivity contribution in [3.8, 4) is 0 Å². The van der Waals surface area contributed by atoms with Crippen LogP contribution in [0.3, 0.4) is 0 Å². The Kier molecular flexibility index (Phi) is 7.81. The highest BCUT2D eigenvalue weighted by Gasteiger charge is 2.13. The highest BCUT2D eigenvalue weighted by Crippen LogP contribution is 2.25. The molecule has 1 saturated carbocycles. The van der Waals surface area contributed by atoms with Gasteiger partial charge < -0.3 is 15.2 Å². The number of methoxy groups -OCH3 is 1. The van der Waals surface area contributed by atoms with Crippen molar-refractivity contribution in [2.75, 3.05) is 26.9 Å². The standard InChI is InChI=1S/C13H27NO2/c1-16-11-13(8-10-15)14-9-7-12-5-3-2-4-6-12/h12-15H,2-11H2,1H3. The van der Waals surface area contributed by atoms with Gasteiger partial charge in [-0.3, -0.25) is 0 Å². The van der Waals surface area contributed by atoms with Gasteiger partial charge in [-0.25, -0.2) is 0 Å². The van der Waals surface area contributed by atoms with Crippen molar-refractivity contribution in [1.29, 1.82) is 0 Å². The number of nitrogens with one attached hydrogen (secondary N) is 1. The molecule has 0 heterocycles. The van der Waals surface area contributed by atoms with Crippen molar-refractivity contribution in [3.05, 3.63) is 0 Å². The average molecular weight is 229 g/mol. The van der Waals surface area contributed by atoms with Gasteiger partial charge in [0.25, 0.3) is 0 Å². The molecule has 0 aromatic heterocycles. The van der Waals surface area contributed by atoms with E-state index in [4.69, 9.17) is 9.84 Å². The summed E-state index contributed by atoms with van der Waals surface area (Å²) in [5.41, 5.74) is 0. The van der Waals surface area contributed by atoms with E-state index in [9.17, 15) is 0 Å². The molecule has 0 radical (unpaired) electrons. The molecule has 1 unspecified atom stereocenters. The Bertz CT molecular complexity index is 152. The van der Waals surface area contributed by atoms with E-state index >= 15 is 0 Å². The Morgan fingerprint density at radius 2 is 2.06 bits per heavy atom.